The highest BCUT2D eigenvalue weighted by Crippen LogP contribution is 2.13. The summed E-state index contributed by atoms with van der Waals surface area (Å²) < 4.78 is 0. The number of hydrogen-bond donors (Lipinski definition) is 1. The standard InChI is InChI=1S/C6H4N2O/c1-2-4-8-6(3-1)5-7-9-8/h1,4-5,7H. The minimum Gasteiger partial charge on any atom is -0.247 e. The number of fused-ring (bicyclic) bond motifs is 1. The van der Waals surface area contributed by atoms with Crippen LogP contribution in [0.1, 0.15) is 0 Å². The van der Waals surface area contributed by atoms with Gasteiger partial charge < -0.3 is 0 Å². The fraction of sp³-hybridized carbons (Fsp3) is 0. The first-order valence-electron chi connectivity index (χ1n) is 2.56. The SMILES string of the molecule is [C]1=C[C]=CN2ONC=C12. The molecule has 2 aliphatic heterocycles. The maximum Gasteiger partial charge on any atom is 0.0973 e. The molecule has 3 heteroatoms. The Bertz CT molecular complexity index is 202. The van der Waals surface area contributed by atoms with E-state index in [9.17, 15) is 0 Å². The van der Waals surface area contributed by atoms with Gasteiger partial charge in [0.15, 0.2) is 0 Å². The highest BCUT2D eigenvalue weighted by atomic mass is 16.8. The first-order chi connectivity index (χ1) is 4.47. The molecular formula is C6H4N2O. The van der Waals surface area contributed by atoms with Crippen molar-refractivity contribution in [2.75, 3.05) is 0 Å². The second-order valence-corrected chi connectivity index (χ2v) is 1.65. The Kier molecular flexibility index (Phi) is 0.841. The summed E-state index contributed by atoms with van der Waals surface area (Å²) in [6.45, 7) is 0. The van der Waals surface area contributed by atoms with Crippen LogP contribution in [-0.4, -0.2) is 5.06 Å². The molecule has 2 heterocycles. The third kappa shape index (κ3) is 0.622. The number of hydrogen-bond acceptors (Lipinski definition) is 3. The van der Waals surface area contributed by atoms with E-state index in [1.165, 1.54) is 0 Å². The zero-order valence-corrected chi connectivity index (χ0v) is 4.59. The van der Waals surface area contributed by atoms with E-state index in [1.54, 1.807) is 23.5 Å². The van der Waals surface area contributed by atoms with Crippen LogP contribution in [0.5, 0.6) is 0 Å². The number of rotatable bonds is 0. The summed E-state index contributed by atoms with van der Waals surface area (Å²) in [5.74, 6) is 0. The van der Waals surface area contributed by atoms with Gasteiger partial charge in [0.25, 0.3) is 0 Å². The summed E-state index contributed by atoms with van der Waals surface area (Å²) in [5, 5.41) is 1.54. The first kappa shape index (κ1) is 4.64. The van der Waals surface area contributed by atoms with E-state index in [2.05, 4.69) is 17.6 Å². The van der Waals surface area contributed by atoms with Gasteiger partial charge in [0.1, 0.15) is 0 Å². The third-order valence-corrected chi connectivity index (χ3v) is 1.08. The molecule has 1 N–H and O–H groups in total. The highest BCUT2D eigenvalue weighted by Gasteiger charge is 2.12. The van der Waals surface area contributed by atoms with Crippen LogP contribution in [0.4, 0.5) is 0 Å². The van der Waals surface area contributed by atoms with Crippen LogP contribution in [-0.2, 0) is 4.94 Å². The van der Waals surface area contributed by atoms with E-state index < -0.39 is 0 Å². The van der Waals surface area contributed by atoms with E-state index in [4.69, 9.17) is 4.94 Å². The second-order valence-electron chi connectivity index (χ2n) is 1.65. The number of nitrogens with one attached hydrogen (secondary N) is 1. The van der Waals surface area contributed by atoms with Crippen molar-refractivity contribution in [1.82, 2.24) is 10.5 Å². The quantitative estimate of drug-likeness (QED) is 0.496. The number of nitrogens with zero attached hydrogens (tertiary/aromatic N) is 1. The molecule has 0 amide bonds. The molecule has 9 heavy (non-hydrogen) atoms. The monoisotopic (exact) mass is 120 g/mol. The minimum absolute atomic E-state index is 0.869. The Balaban J connectivity index is 2.33. The summed E-state index contributed by atoms with van der Waals surface area (Å²) in [4.78, 5) is 4.85. The lowest BCUT2D eigenvalue weighted by Gasteiger charge is -2.11. The molecule has 0 aromatic rings. The largest absolute Gasteiger partial charge is 0.247 e. The Morgan fingerprint density at radius 3 is 3.56 bits per heavy atom. The van der Waals surface area contributed by atoms with Crippen molar-refractivity contribution in [3.8, 4) is 0 Å². The van der Waals surface area contributed by atoms with Gasteiger partial charge in [0, 0.05) is 18.4 Å². The molecule has 0 bridgehead atoms. The predicted molar refractivity (Wildman–Crippen MR) is 29.8 cm³/mol. The maximum absolute atomic E-state index is 4.85. The third-order valence-electron chi connectivity index (χ3n) is 1.08. The first-order valence-corrected chi connectivity index (χ1v) is 2.56. The van der Waals surface area contributed by atoms with Gasteiger partial charge in [0.05, 0.1) is 11.9 Å². The van der Waals surface area contributed by atoms with E-state index in [-0.39, 0.29) is 0 Å². The summed E-state index contributed by atoms with van der Waals surface area (Å²) in [6.07, 6.45) is 10.8. The second kappa shape index (κ2) is 1.63. The molecular weight excluding hydrogens is 116 g/mol. The van der Waals surface area contributed by atoms with Crippen LogP contribution in [0, 0.1) is 12.2 Å². The van der Waals surface area contributed by atoms with Crippen molar-refractivity contribution >= 4 is 0 Å². The fourth-order valence-corrected chi connectivity index (χ4v) is 0.673. The van der Waals surface area contributed by atoms with E-state index >= 15 is 0 Å². The lowest BCUT2D eigenvalue weighted by Crippen LogP contribution is -2.14. The topological polar surface area (TPSA) is 24.5 Å². The zero-order chi connectivity index (χ0) is 6.10. The Morgan fingerprint density at radius 1 is 1.67 bits per heavy atom. The van der Waals surface area contributed by atoms with Gasteiger partial charge in [-0.25, -0.2) is 10.5 Å². The molecule has 2 rings (SSSR count). The van der Waals surface area contributed by atoms with Gasteiger partial charge in [-0.1, -0.05) is 0 Å². The van der Waals surface area contributed by atoms with Crippen molar-refractivity contribution in [2.45, 2.75) is 0 Å². The number of allylic oxidation sites excluding steroid dienone is 3. The van der Waals surface area contributed by atoms with Crippen LogP contribution in [0.15, 0.2) is 24.2 Å². The summed E-state index contributed by atoms with van der Waals surface area (Å²) >= 11 is 0. The minimum atomic E-state index is 0.869. The Hall–Kier alpha value is -1.22. The average Bonchev–Trinajstić information content (AvgIpc) is 2.33. The van der Waals surface area contributed by atoms with Crippen molar-refractivity contribution in [2.24, 2.45) is 0 Å². The fourth-order valence-electron chi connectivity index (χ4n) is 0.673. The smallest absolute Gasteiger partial charge is 0.0973 e. The van der Waals surface area contributed by atoms with Crippen LogP contribution in [0.25, 0.3) is 0 Å². The predicted octanol–water partition coefficient (Wildman–Crippen LogP) is 0.269. The van der Waals surface area contributed by atoms with Gasteiger partial charge >= 0.3 is 0 Å². The van der Waals surface area contributed by atoms with Crippen LogP contribution >= 0.6 is 0 Å². The molecule has 2 radical (unpaired) electrons. The molecule has 3 nitrogen and oxygen atoms in total. The summed E-state index contributed by atoms with van der Waals surface area (Å²) in [6, 6.07) is 0. The molecule has 2 aliphatic rings. The molecule has 0 atom stereocenters. The molecule has 44 valence electrons. The van der Waals surface area contributed by atoms with Crippen LogP contribution in [0.3, 0.4) is 0 Å². The Morgan fingerprint density at radius 2 is 2.67 bits per heavy atom. The highest BCUT2D eigenvalue weighted by molar-refractivity contribution is 5.18. The summed E-state index contributed by atoms with van der Waals surface area (Å²) in [5.41, 5.74) is 3.44. The lowest BCUT2D eigenvalue weighted by atomic mass is 10.3. The normalized spacial score (nSPS) is 21.3. The van der Waals surface area contributed by atoms with E-state index in [0.29, 0.717) is 0 Å². The van der Waals surface area contributed by atoms with Gasteiger partial charge in [-0.15, -0.1) is 0 Å². The van der Waals surface area contributed by atoms with Gasteiger partial charge in [0.2, 0.25) is 0 Å². The molecule has 0 aliphatic carbocycles. The van der Waals surface area contributed by atoms with Crippen molar-refractivity contribution in [3.05, 3.63) is 36.3 Å². The molecule has 0 fully saturated rings. The molecule has 0 saturated carbocycles. The van der Waals surface area contributed by atoms with Crippen molar-refractivity contribution in [1.29, 1.82) is 0 Å². The average molecular weight is 120 g/mol. The maximum atomic E-state index is 4.85. The van der Waals surface area contributed by atoms with Gasteiger partial charge in [-0.05, 0) is 6.08 Å². The van der Waals surface area contributed by atoms with Crippen molar-refractivity contribution < 1.29 is 4.94 Å². The number of hydroxylamine groups is 3. The lowest BCUT2D eigenvalue weighted by molar-refractivity contribution is -0.113. The van der Waals surface area contributed by atoms with Crippen molar-refractivity contribution in [3.63, 3.8) is 0 Å². The van der Waals surface area contributed by atoms with Gasteiger partial charge in [-0.2, -0.15) is 4.94 Å². The molecule has 0 unspecified atom stereocenters. The molecule has 0 aromatic heterocycles. The molecule has 0 saturated heterocycles. The van der Waals surface area contributed by atoms with E-state index in [0.717, 1.165) is 5.70 Å². The molecule has 0 aromatic carbocycles. The summed E-state index contributed by atoms with van der Waals surface area (Å²) in [7, 11) is 0. The van der Waals surface area contributed by atoms with Crippen LogP contribution in [0.2, 0.25) is 0 Å². The zero-order valence-electron chi connectivity index (χ0n) is 4.59. The van der Waals surface area contributed by atoms with Gasteiger partial charge in [-0.3, -0.25) is 0 Å². The Labute approximate surface area is 52.8 Å². The molecule has 0 spiro atoms. The van der Waals surface area contributed by atoms with E-state index in [1.807, 2.05) is 0 Å². The van der Waals surface area contributed by atoms with Crippen LogP contribution < -0.4 is 5.48 Å².